The largest absolute Gasteiger partial charge is 0.478 e. The van der Waals surface area contributed by atoms with E-state index in [-0.39, 0.29) is 11.4 Å². The SMILES string of the molecule is C=C(C(=O)O)c1nc(-c2ccc(F)cc2)cs1. The minimum atomic E-state index is -1.09. The van der Waals surface area contributed by atoms with E-state index in [1.807, 2.05) is 0 Å². The summed E-state index contributed by atoms with van der Waals surface area (Å²) < 4.78 is 12.7. The van der Waals surface area contributed by atoms with E-state index < -0.39 is 5.97 Å². The number of aliphatic carboxylic acids is 1. The first-order valence-corrected chi connectivity index (χ1v) is 5.60. The summed E-state index contributed by atoms with van der Waals surface area (Å²) >= 11 is 1.20. The van der Waals surface area contributed by atoms with Crippen molar-refractivity contribution < 1.29 is 14.3 Å². The van der Waals surface area contributed by atoms with Crippen molar-refractivity contribution in [2.75, 3.05) is 0 Å². The second-order valence-corrected chi connectivity index (χ2v) is 4.19. The molecule has 0 aliphatic rings. The molecule has 1 aromatic heterocycles. The lowest BCUT2D eigenvalue weighted by molar-refractivity contribution is -0.130. The molecule has 0 saturated carbocycles. The van der Waals surface area contributed by atoms with Gasteiger partial charge in [-0.1, -0.05) is 6.58 Å². The number of rotatable bonds is 3. The molecule has 0 amide bonds. The maximum atomic E-state index is 12.7. The third-order valence-electron chi connectivity index (χ3n) is 2.16. The fourth-order valence-electron chi connectivity index (χ4n) is 1.26. The van der Waals surface area contributed by atoms with Crippen LogP contribution in [0.25, 0.3) is 16.8 Å². The number of benzene rings is 1. The number of nitrogens with zero attached hydrogens (tertiary/aromatic N) is 1. The molecule has 2 rings (SSSR count). The highest BCUT2D eigenvalue weighted by Crippen LogP contribution is 2.25. The average molecular weight is 249 g/mol. The quantitative estimate of drug-likeness (QED) is 0.850. The molecule has 0 spiro atoms. The predicted octanol–water partition coefficient (Wildman–Crippen LogP) is 3.05. The molecule has 17 heavy (non-hydrogen) atoms. The first-order chi connectivity index (χ1) is 8.08. The van der Waals surface area contributed by atoms with Crippen LogP contribution in [0.2, 0.25) is 0 Å². The molecule has 0 radical (unpaired) electrons. The molecule has 86 valence electrons. The first kappa shape index (κ1) is 11.5. The van der Waals surface area contributed by atoms with Crippen molar-refractivity contribution in [2.45, 2.75) is 0 Å². The van der Waals surface area contributed by atoms with Crippen molar-refractivity contribution in [1.29, 1.82) is 0 Å². The topological polar surface area (TPSA) is 50.2 Å². The summed E-state index contributed by atoms with van der Waals surface area (Å²) in [6.07, 6.45) is 0. The van der Waals surface area contributed by atoms with E-state index in [0.29, 0.717) is 10.7 Å². The van der Waals surface area contributed by atoms with Crippen molar-refractivity contribution in [2.24, 2.45) is 0 Å². The van der Waals surface area contributed by atoms with Crippen LogP contribution in [-0.2, 0) is 4.79 Å². The van der Waals surface area contributed by atoms with Crippen molar-refractivity contribution in [3.05, 3.63) is 47.0 Å². The summed E-state index contributed by atoms with van der Waals surface area (Å²) in [6.45, 7) is 3.43. The Bertz CT molecular complexity index is 574. The molecular formula is C12H8FNO2S. The molecule has 0 bridgehead atoms. The highest BCUT2D eigenvalue weighted by molar-refractivity contribution is 7.11. The molecule has 1 heterocycles. The van der Waals surface area contributed by atoms with Gasteiger partial charge in [-0.2, -0.15) is 0 Å². The minimum Gasteiger partial charge on any atom is -0.478 e. The number of carboxylic acids is 1. The van der Waals surface area contributed by atoms with Crippen LogP contribution < -0.4 is 0 Å². The number of hydrogen-bond donors (Lipinski definition) is 1. The second kappa shape index (κ2) is 4.47. The van der Waals surface area contributed by atoms with Crippen molar-refractivity contribution >= 4 is 22.9 Å². The Balaban J connectivity index is 2.33. The molecule has 0 atom stereocenters. The van der Waals surface area contributed by atoms with Crippen molar-refractivity contribution in [3.63, 3.8) is 0 Å². The summed E-state index contributed by atoms with van der Waals surface area (Å²) in [4.78, 5) is 14.9. The number of carbonyl (C=O) groups is 1. The summed E-state index contributed by atoms with van der Waals surface area (Å²) in [5, 5.41) is 10.8. The zero-order valence-electron chi connectivity index (χ0n) is 8.68. The Morgan fingerprint density at radius 1 is 1.35 bits per heavy atom. The maximum Gasteiger partial charge on any atom is 0.338 e. The highest BCUT2D eigenvalue weighted by atomic mass is 32.1. The van der Waals surface area contributed by atoms with Crippen LogP contribution in [0.3, 0.4) is 0 Å². The average Bonchev–Trinajstić information content (AvgIpc) is 2.78. The monoisotopic (exact) mass is 249 g/mol. The van der Waals surface area contributed by atoms with E-state index in [0.717, 1.165) is 5.56 Å². The van der Waals surface area contributed by atoms with Gasteiger partial charge in [-0.3, -0.25) is 0 Å². The van der Waals surface area contributed by atoms with Crippen LogP contribution in [0.15, 0.2) is 36.2 Å². The summed E-state index contributed by atoms with van der Waals surface area (Å²) in [6, 6.07) is 5.86. The fraction of sp³-hybridized carbons (Fsp3) is 0. The van der Waals surface area contributed by atoms with E-state index >= 15 is 0 Å². The van der Waals surface area contributed by atoms with Gasteiger partial charge in [-0.05, 0) is 24.3 Å². The van der Waals surface area contributed by atoms with Gasteiger partial charge in [-0.25, -0.2) is 14.2 Å². The molecule has 0 aliphatic carbocycles. The van der Waals surface area contributed by atoms with E-state index in [1.165, 1.54) is 23.5 Å². The fourth-order valence-corrected chi connectivity index (χ4v) is 2.05. The lowest BCUT2D eigenvalue weighted by Gasteiger charge is -1.96. The third-order valence-corrected chi connectivity index (χ3v) is 3.06. The summed E-state index contributed by atoms with van der Waals surface area (Å²) in [5.74, 6) is -1.41. The molecule has 1 N–H and O–H groups in total. The minimum absolute atomic E-state index is 0.0386. The molecule has 0 aliphatic heterocycles. The van der Waals surface area contributed by atoms with Crippen molar-refractivity contribution in [3.8, 4) is 11.3 Å². The number of carboxylic acid groups (broad SMARTS) is 1. The van der Waals surface area contributed by atoms with Crippen LogP contribution in [0.5, 0.6) is 0 Å². The van der Waals surface area contributed by atoms with E-state index in [1.54, 1.807) is 17.5 Å². The van der Waals surface area contributed by atoms with Gasteiger partial charge in [0, 0.05) is 10.9 Å². The molecule has 0 unspecified atom stereocenters. The highest BCUT2D eigenvalue weighted by Gasteiger charge is 2.12. The molecule has 0 fully saturated rings. The predicted molar refractivity (Wildman–Crippen MR) is 64.2 cm³/mol. The van der Waals surface area contributed by atoms with Gasteiger partial charge < -0.3 is 5.11 Å². The first-order valence-electron chi connectivity index (χ1n) is 4.72. The number of hydrogen-bond acceptors (Lipinski definition) is 3. The number of thiazole rings is 1. The Labute approximate surface area is 101 Å². The molecule has 3 nitrogen and oxygen atoms in total. The molecular weight excluding hydrogens is 241 g/mol. The van der Waals surface area contributed by atoms with Gasteiger partial charge in [0.1, 0.15) is 10.8 Å². The van der Waals surface area contributed by atoms with Gasteiger partial charge in [0.25, 0.3) is 0 Å². The Kier molecular flexibility index (Phi) is 3.01. The van der Waals surface area contributed by atoms with E-state index in [9.17, 15) is 9.18 Å². The number of halogens is 1. The van der Waals surface area contributed by atoms with Gasteiger partial charge >= 0.3 is 5.97 Å². The van der Waals surface area contributed by atoms with Gasteiger partial charge in [-0.15, -0.1) is 11.3 Å². The zero-order valence-corrected chi connectivity index (χ0v) is 9.50. The van der Waals surface area contributed by atoms with Crippen LogP contribution in [-0.4, -0.2) is 16.1 Å². The Morgan fingerprint density at radius 3 is 2.59 bits per heavy atom. The van der Waals surface area contributed by atoms with Crippen LogP contribution in [0.1, 0.15) is 5.01 Å². The zero-order chi connectivity index (χ0) is 12.4. The van der Waals surface area contributed by atoms with Gasteiger partial charge in [0.2, 0.25) is 0 Å². The lowest BCUT2D eigenvalue weighted by Crippen LogP contribution is -1.97. The maximum absolute atomic E-state index is 12.7. The van der Waals surface area contributed by atoms with Gasteiger partial charge in [0.15, 0.2) is 0 Å². The van der Waals surface area contributed by atoms with Gasteiger partial charge in [0.05, 0.1) is 11.3 Å². The summed E-state index contributed by atoms with van der Waals surface area (Å²) in [5.41, 5.74) is 1.32. The lowest BCUT2D eigenvalue weighted by atomic mass is 10.2. The summed E-state index contributed by atoms with van der Waals surface area (Å²) in [7, 11) is 0. The second-order valence-electron chi connectivity index (χ2n) is 3.33. The molecule has 1 aromatic carbocycles. The standard InChI is InChI=1S/C12H8FNO2S/c1-7(12(15)16)11-14-10(6-17-11)8-2-4-9(13)5-3-8/h2-6H,1H2,(H,15,16). The molecule has 0 saturated heterocycles. The number of aromatic nitrogens is 1. The third kappa shape index (κ3) is 2.39. The Hall–Kier alpha value is -2.01. The molecule has 5 heteroatoms. The van der Waals surface area contributed by atoms with E-state index in [2.05, 4.69) is 11.6 Å². The van der Waals surface area contributed by atoms with Crippen LogP contribution in [0.4, 0.5) is 4.39 Å². The normalized spacial score (nSPS) is 10.2. The van der Waals surface area contributed by atoms with Crippen molar-refractivity contribution in [1.82, 2.24) is 4.98 Å². The molecule has 2 aromatic rings. The smallest absolute Gasteiger partial charge is 0.338 e. The van der Waals surface area contributed by atoms with E-state index in [4.69, 9.17) is 5.11 Å². The Morgan fingerprint density at radius 2 is 2.00 bits per heavy atom. The van der Waals surface area contributed by atoms with Crippen LogP contribution >= 0.6 is 11.3 Å². The van der Waals surface area contributed by atoms with Crippen LogP contribution in [0, 0.1) is 5.82 Å².